The number of carbonyl (C=O) groups is 2. The standard InChI is InChI=1S/C29H27N3O4/c1-3-35-28(33)20-36-27-12-8-7-11-24(27)19-30-31-29(34)23-14-16-25(17-15-23)32-21(2)13-18-26(32)22-9-5-4-6-10-22/h4-19H,3,20H2,1-2H3,(H,31,34)/b30-19+. The number of hydrogen-bond acceptors (Lipinski definition) is 5. The van der Waals surface area contributed by atoms with Crippen molar-refractivity contribution in [2.24, 2.45) is 5.10 Å². The minimum atomic E-state index is -0.452. The molecule has 0 aliphatic heterocycles. The van der Waals surface area contributed by atoms with Gasteiger partial charge in [0.15, 0.2) is 6.61 Å². The number of esters is 1. The first-order chi connectivity index (χ1) is 17.6. The fraction of sp³-hybridized carbons (Fsp3) is 0.138. The average Bonchev–Trinajstić information content (AvgIpc) is 3.30. The molecule has 0 saturated heterocycles. The highest BCUT2D eigenvalue weighted by atomic mass is 16.6. The third kappa shape index (κ3) is 5.88. The predicted octanol–water partition coefficient (Wildman–Crippen LogP) is 5.16. The summed E-state index contributed by atoms with van der Waals surface area (Å²) < 4.78 is 12.5. The Morgan fingerprint density at radius 1 is 0.917 bits per heavy atom. The molecule has 3 aromatic carbocycles. The van der Waals surface area contributed by atoms with E-state index in [1.807, 2.05) is 36.4 Å². The third-order valence-corrected chi connectivity index (χ3v) is 5.47. The van der Waals surface area contributed by atoms with Crippen LogP contribution in [0.4, 0.5) is 0 Å². The van der Waals surface area contributed by atoms with E-state index in [4.69, 9.17) is 9.47 Å². The maximum Gasteiger partial charge on any atom is 0.344 e. The topological polar surface area (TPSA) is 81.9 Å². The van der Waals surface area contributed by atoms with Crippen LogP contribution >= 0.6 is 0 Å². The Balaban J connectivity index is 1.43. The number of nitrogens with zero attached hydrogens (tertiary/aromatic N) is 2. The summed E-state index contributed by atoms with van der Waals surface area (Å²) in [6.07, 6.45) is 1.47. The molecular formula is C29H27N3O4. The lowest BCUT2D eigenvalue weighted by Crippen LogP contribution is -2.18. The molecule has 0 unspecified atom stereocenters. The van der Waals surface area contributed by atoms with E-state index in [-0.39, 0.29) is 19.1 Å². The zero-order valence-corrected chi connectivity index (χ0v) is 20.2. The van der Waals surface area contributed by atoms with Crippen LogP contribution < -0.4 is 10.2 Å². The van der Waals surface area contributed by atoms with Gasteiger partial charge in [-0.25, -0.2) is 10.2 Å². The molecular weight excluding hydrogens is 454 g/mol. The van der Waals surface area contributed by atoms with Gasteiger partial charge >= 0.3 is 5.97 Å². The fourth-order valence-electron chi connectivity index (χ4n) is 3.76. The fourth-order valence-corrected chi connectivity index (χ4v) is 3.76. The number of carbonyl (C=O) groups excluding carboxylic acids is 2. The Bertz CT molecular complexity index is 1360. The Labute approximate surface area is 210 Å². The van der Waals surface area contributed by atoms with Crippen molar-refractivity contribution in [1.29, 1.82) is 0 Å². The lowest BCUT2D eigenvalue weighted by Gasteiger charge is -2.12. The summed E-state index contributed by atoms with van der Waals surface area (Å²) in [5.41, 5.74) is 7.90. The lowest BCUT2D eigenvalue weighted by molar-refractivity contribution is -0.145. The maximum atomic E-state index is 12.6. The normalized spacial score (nSPS) is 10.8. The molecule has 0 radical (unpaired) electrons. The maximum absolute atomic E-state index is 12.6. The molecule has 36 heavy (non-hydrogen) atoms. The van der Waals surface area contributed by atoms with E-state index in [0.717, 1.165) is 22.6 Å². The number of benzene rings is 3. The summed E-state index contributed by atoms with van der Waals surface area (Å²) in [5.74, 6) is -0.327. The highest BCUT2D eigenvalue weighted by molar-refractivity contribution is 5.95. The molecule has 0 aliphatic carbocycles. The van der Waals surface area contributed by atoms with E-state index < -0.39 is 5.97 Å². The molecule has 7 heteroatoms. The summed E-state index contributed by atoms with van der Waals surface area (Å²) >= 11 is 0. The quantitative estimate of drug-likeness (QED) is 0.203. The van der Waals surface area contributed by atoms with Crippen LogP contribution in [0.25, 0.3) is 16.9 Å². The molecule has 4 aromatic rings. The van der Waals surface area contributed by atoms with Crippen molar-refractivity contribution in [3.8, 4) is 22.7 Å². The molecule has 1 heterocycles. The Morgan fingerprint density at radius 3 is 2.39 bits per heavy atom. The van der Waals surface area contributed by atoms with Crippen molar-refractivity contribution in [3.05, 3.63) is 108 Å². The molecule has 182 valence electrons. The lowest BCUT2D eigenvalue weighted by atomic mass is 10.1. The van der Waals surface area contributed by atoms with Gasteiger partial charge in [-0.05, 0) is 67.9 Å². The van der Waals surface area contributed by atoms with Gasteiger partial charge in [0.2, 0.25) is 0 Å². The zero-order valence-electron chi connectivity index (χ0n) is 20.2. The van der Waals surface area contributed by atoms with Gasteiger partial charge in [-0.15, -0.1) is 0 Å². The van der Waals surface area contributed by atoms with E-state index in [0.29, 0.717) is 16.9 Å². The first kappa shape index (κ1) is 24.5. The van der Waals surface area contributed by atoms with Crippen LogP contribution in [-0.2, 0) is 9.53 Å². The number of nitrogens with one attached hydrogen (secondary N) is 1. The van der Waals surface area contributed by atoms with Crippen molar-refractivity contribution in [2.75, 3.05) is 13.2 Å². The molecule has 1 amide bonds. The summed E-state index contributed by atoms with van der Waals surface area (Å²) in [5, 5.41) is 4.06. The van der Waals surface area contributed by atoms with Crippen LogP contribution in [0, 0.1) is 6.92 Å². The number of hydrazone groups is 1. The Morgan fingerprint density at radius 2 is 1.64 bits per heavy atom. The van der Waals surface area contributed by atoms with Gasteiger partial charge in [0.05, 0.1) is 18.5 Å². The van der Waals surface area contributed by atoms with Crippen molar-refractivity contribution in [1.82, 2.24) is 9.99 Å². The van der Waals surface area contributed by atoms with Gasteiger partial charge in [-0.1, -0.05) is 42.5 Å². The van der Waals surface area contributed by atoms with Crippen molar-refractivity contribution in [2.45, 2.75) is 13.8 Å². The minimum Gasteiger partial charge on any atom is -0.481 e. The molecule has 1 N–H and O–H groups in total. The van der Waals surface area contributed by atoms with Crippen LogP contribution in [-0.4, -0.2) is 35.9 Å². The molecule has 0 aliphatic rings. The summed E-state index contributed by atoms with van der Waals surface area (Å²) in [6, 6.07) is 28.8. The second-order valence-corrected chi connectivity index (χ2v) is 7.94. The summed E-state index contributed by atoms with van der Waals surface area (Å²) in [7, 11) is 0. The zero-order chi connectivity index (χ0) is 25.3. The second kappa shape index (κ2) is 11.7. The molecule has 0 spiro atoms. The Hall–Kier alpha value is -4.65. The largest absolute Gasteiger partial charge is 0.481 e. The summed E-state index contributed by atoms with van der Waals surface area (Å²) in [6.45, 7) is 3.87. The Kier molecular flexibility index (Phi) is 7.93. The molecule has 0 fully saturated rings. The van der Waals surface area contributed by atoms with Crippen LogP contribution in [0.3, 0.4) is 0 Å². The van der Waals surface area contributed by atoms with Crippen LogP contribution in [0.2, 0.25) is 0 Å². The smallest absolute Gasteiger partial charge is 0.344 e. The molecule has 4 rings (SSSR count). The van der Waals surface area contributed by atoms with Gasteiger partial charge in [0.1, 0.15) is 5.75 Å². The van der Waals surface area contributed by atoms with Gasteiger partial charge in [0, 0.05) is 22.5 Å². The van der Waals surface area contributed by atoms with Gasteiger partial charge in [0.25, 0.3) is 5.91 Å². The van der Waals surface area contributed by atoms with Crippen molar-refractivity contribution < 1.29 is 19.1 Å². The van der Waals surface area contributed by atoms with Crippen molar-refractivity contribution >= 4 is 18.1 Å². The SMILES string of the molecule is CCOC(=O)COc1ccccc1/C=N/NC(=O)c1ccc(-n2c(C)ccc2-c2ccccc2)cc1. The van der Waals surface area contributed by atoms with Crippen LogP contribution in [0.5, 0.6) is 5.75 Å². The highest BCUT2D eigenvalue weighted by Gasteiger charge is 2.11. The number of hydrogen-bond donors (Lipinski definition) is 1. The average molecular weight is 482 g/mol. The number of aryl methyl sites for hydroxylation is 1. The number of aromatic nitrogens is 1. The number of rotatable bonds is 9. The van der Waals surface area contributed by atoms with E-state index in [9.17, 15) is 9.59 Å². The molecule has 0 saturated carbocycles. The first-order valence-corrected chi connectivity index (χ1v) is 11.6. The number of ether oxygens (including phenoxy) is 2. The molecule has 7 nitrogen and oxygen atoms in total. The minimum absolute atomic E-state index is 0.204. The van der Waals surface area contributed by atoms with Gasteiger partial charge in [-0.3, -0.25) is 4.79 Å². The van der Waals surface area contributed by atoms with Crippen molar-refractivity contribution in [3.63, 3.8) is 0 Å². The van der Waals surface area contributed by atoms with E-state index in [1.165, 1.54) is 6.21 Å². The monoisotopic (exact) mass is 481 g/mol. The molecule has 1 aromatic heterocycles. The number of amides is 1. The van der Waals surface area contributed by atoms with E-state index >= 15 is 0 Å². The molecule has 0 bridgehead atoms. The predicted molar refractivity (Wildman–Crippen MR) is 140 cm³/mol. The third-order valence-electron chi connectivity index (χ3n) is 5.47. The molecule has 0 atom stereocenters. The van der Waals surface area contributed by atoms with Crippen LogP contribution in [0.15, 0.2) is 96.1 Å². The van der Waals surface area contributed by atoms with Gasteiger partial charge < -0.3 is 14.0 Å². The summed E-state index contributed by atoms with van der Waals surface area (Å²) in [4.78, 5) is 24.2. The van der Waals surface area contributed by atoms with Crippen LogP contribution in [0.1, 0.15) is 28.5 Å². The van der Waals surface area contributed by atoms with E-state index in [1.54, 1.807) is 37.3 Å². The highest BCUT2D eigenvalue weighted by Crippen LogP contribution is 2.26. The van der Waals surface area contributed by atoms with Gasteiger partial charge in [-0.2, -0.15) is 5.10 Å². The number of para-hydroxylation sites is 1. The van der Waals surface area contributed by atoms with E-state index in [2.05, 4.69) is 46.3 Å². The second-order valence-electron chi connectivity index (χ2n) is 7.94. The first-order valence-electron chi connectivity index (χ1n) is 11.6.